The van der Waals surface area contributed by atoms with Crippen LogP contribution in [0.5, 0.6) is 0 Å². The summed E-state index contributed by atoms with van der Waals surface area (Å²) in [5.41, 5.74) is 0.775. The first-order valence-electron chi connectivity index (χ1n) is 10.4. The lowest BCUT2D eigenvalue weighted by molar-refractivity contribution is -0.136. The van der Waals surface area contributed by atoms with Crippen LogP contribution in [0.4, 0.5) is 0 Å². The van der Waals surface area contributed by atoms with E-state index in [0.29, 0.717) is 32.4 Å². The Kier molecular flexibility index (Phi) is 6.52. The van der Waals surface area contributed by atoms with Crippen LogP contribution in [0.3, 0.4) is 0 Å². The van der Waals surface area contributed by atoms with Gasteiger partial charge in [-0.3, -0.25) is 14.2 Å². The molecule has 6 nitrogen and oxygen atoms in total. The van der Waals surface area contributed by atoms with Crippen molar-refractivity contribution in [3.05, 3.63) is 64.3 Å². The normalized spacial score (nSPS) is 17.3. The number of benzene rings is 1. The number of aromatic nitrogens is 2. The molecule has 1 N–H and O–H groups in total. The van der Waals surface area contributed by atoms with Gasteiger partial charge >= 0.3 is 0 Å². The van der Waals surface area contributed by atoms with Crippen LogP contribution in [-0.4, -0.2) is 44.2 Å². The number of hydrogen-bond donors (Lipinski definition) is 1. The molecule has 0 aliphatic carbocycles. The van der Waals surface area contributed by atoms with Gasteiger partial charge in [-0.05, 0) is 30.2 Å². The minimum absolute atomic E-state index is 0.114. The predicted molar refractivity (Wildman–Crippen MR) is 113 cm³/mol. The van der Waals surface area contributed by atoms with Crippen molar-refractivity contribution in [2.75, 3.05) is 13.1 Å². The van der Waals surface area contributed by atoms with Crippen molar-refractivity contribution in [1.82, 2.24) is 14.5 Å². The van der Waals surface area contributed by atoms with Crippen LogP contribution in [0.2, 0.25) is 0 Å². The molecule has 2 aromatic rings. The summed E-state index contributed by atoms with van der Waals surface area (Å²) in [7, 11) is 0. The highest BCUT2D eigenvalue weighted by atomic mass is 16.3. The number of carbonyl (C=O) groups excluding carboxylic acids is 1. The average molecular weight is 398 g/mol. The van der Waals surface area contributed by atoms with Crippen molar-refractivity contribution >= 4 is 5.91 Å². The van der Waals surface area contributed by atoms with Gasteiger partial charge in [-0.1, -0.05) is 51.1 Å². The molecule has 6 heteroatoms. The van der Waals surface area contributed by atoms with Crippen LogP contribution in [-0.2, 0) is 11.3 Å². The molecule has 0 saturated carbocycles. The lowest BCUT2D eigenvalue weighted by Gasteiger charge is -2.38. The number of aliphatic hydroxyl groups is 1. The molecule has 3 rings (SSSR count). The number of amides is 1. The Morgan fingerprint density at radius 3 is 2.41 bits per heavy atom. The molecule has 1 saturated heterocycles. The average Bonchev–Trinajstić information content (AvgIpc) is 2.70. The van der Waals surface area contributed by atoms with Crippen molar-refractivity contribution in [1.29, 1.82) is 0 Å². The largest absolute Gasteiger partial charge is 0.388 e. The summed E-state index contributed by atoms with van der Waals surface area (Å²) in [4.78, 5) is 31.2. The van der Waals surface area contributed by atoms with Gasteiger partial charge in [0.05, 0.1) is 24.2 Å². The van der Waals surface area contributed by atoms with Crippen LogP contribution < -0.4 is 5.56 Å². The molecular formula is C23H31N3O3. The zero-order valence-corrected chi connectivity index (χ0v) is 17.5. The van der Waals surface area contributed by atoms with E-state index in [-0.39, 0.29) is 29.8 Å². The second-order valence-corrected chi connectivity index (χ2v) is 8.56. The van der Waals surface area contributed by atoms with E-state index in [0.717, 1.165) is 11.3 Å². The number of piperidine rings is 1. The third-order valence-corrected chi connectivity index (χ3v) is 5.85. The van der Waals surface area contributed by atoms with E-state index in [1.807, 2.05) is 49.1 Å². The van der Waals surface area contributed by atoms with E-state index < -0.39 is 5.60 Å². The van der Waals surface area contributed by atoms with Crippen molar-refractivity contribution in [2.24, 2.45) is 0 Å². The fraction of sp³-hybridized carbons (Fsp3) is 0.522. The number of likely N-dealkylation sites (tertiary alicyclic amines) is 1. The molecule has 1 fully saturated rings. The zero-order valence-electron chi connectivity index (χ0n) is 17.5. The molecule has 156 valence electrons. The fourth-order valence-corrected chi connectivity index (χ4v) is 3.81. The zero-order chi connectivity index (χ0) is 21.0. The molecule has 29 heavy (non-hydrogen) atoms. The SMILES string of the molecule is CC(C)c1cc(=O)n(CC2(O)CCN(C(=O)CC(C)c3ccccc3)CC2)cn1. The molecule has 0 bridgehead atoms. The van der Waals surface area contributed by atoms with E-state index in [9.17, 15) is 14.7 Å². The van der Waals surface area contributed by atoms with Gasteiger partial charge in [0.2, 0.25) is 5.91 Å². The summed E-state index contributed by atoms with van der Waals surface area (Å²) >= 11 is 0. The second-order valence-electron chi connectivity index (χ2n) is 8.56. The number of carbonyl (C=O) groups is 1. The Labute approximate surface area is 172 Å². The maximum atomic E-state index is 12.7. The van der Waals surface area contributed by atoms with Crippen molar-refractivity contribution in [3.8, 4) is 0 Å². The van der Waals surface area contributed by atoms with Gasteiger partial charge in [0.25, 0.3) is 5.56 Å². The smallest absolute Gasteiger partial charge is 0.253 e. The van der Waals surface area contributed by atoms with Crippen LogP contribution in [0.25, 0.3) is 0 Å². The molecule has 2 heterocycles. The monoisotopic (exact) mass is 397 g/mol. The summed E-state index contributed by atoms with van der Waals surface area (Å²) in [5.74, 6) is 0.463. The Bertz CT molecular complexity index is 884. The minimum Gasteiger partial charge on any atom is -0.388 e. The summed E-state index contributed by atoms with van der Waals surface area (Å²) in [6.07, 6.45) is 2.89. The third-order valence-electron chi connectivity index (χ3n) is 5.85. The molecular weight excluding hydrogens is 366 g/mol. The van der Waals surface area contributed by atoms with Crippen LogP contribution >= 0.6 is 0 Å². The lowest BCUT2D eigenvalue weighted by Crippen LogP contribution is -2.49. The maximum Gasteiger partial charge on any atom is 0.253 e. The number of hydrogen-bond acceptors (Lipinski definition) is 4. The standard InChI is InChI=1S/C23H31N3O3/c1-17(2)20-14-22(28)26(16-24-20)15-23(29)9-11-25(12-10-23)21(27)13-18(3)19-7-5-4-6-8-19/h4-8,14,16-18,29H,9-13,15H2,1-3H3. The lowest BCUT2D eigenvalue weighted by atomic mass is 9.90. The second kappa shape index (κ2) is 8.91. The Morgan fingerprint density at radius 1 is 1.17 bits per heavy atom. The van der Waals surface area contributed by atoms with Gasteiger partial charge in [-0.2, -0.15) is 0 Å². The van der Waals surface area contributed by atoms with E-state index in [1.165, 1.54) is 17.0 Å². The van der Waals surface area contributed by atoms with Gasteiger partial charge in [-0.25, -0.2) is 4.98 Å². The van der Waals surface area contributed by atoms with Gasteiger partial charge in [-0.15, -0.1) is 0 Å². The van der Waals surface area contributed by atoms with Crippen LogP contribution in [0.1, 0.15) is 63.1 Å². The molecule has 1 amide bonds. The van der Waals surface area contributed by atoms with Gasteiger partial charge in [0.1, 0.15) is 0 Å². The fourth-order valence-electron chi connectivity index (χ4n) is 3.81. The molecule has 1 aromatic carbocycles. The van der Waals surface area contributed by atoms with Crippen LogP contribution in [0.15, 0.2) is 47.5 Å². The third kappa shape index (κ3) is 5.32. The summed E-state index contributed by atoms with van der Waals surface area (Å²) in [6, 6.07) is 11.6. The van der Waals surface area contributed by atoms with Gasteiger partial charge < -0.3 is 10.0 Å². The van der Waals surface area contributed by atoms with E-state index in [2.05, 4.69) is 11.9 Å². The molecule has 1 unspecified atom stereocenters. The number of rotatable bonds is 6. The highest BCUT2D eigenvalue weighted by Crippen LogP contribution is 2.26. The quantitative estimate of drug-likeness (QED) is 0.813. The maximum absolute atomic E-state index is 12.7. The summed E-state index contributed by atoms with van der Waals surface area (Å²) in [6.45, 7) is 7.26. The summed E-state index contributed by atoms with van der Waals surface area (Å²) in [5, 5.41) is 11.0. The van der Waals surface area contributed by atoms with Crippen LogP contribution in [0, 0.1) is 0 Å². The van der Waals surface area contributed by atoms with E-state index >= 15 is 0 Å². The topological polar surface area (TPSA) is 75.4 Å². The van der Waals surface area contributed by atoms with E-state index in [1.54, 1.807) is 0 Å². The molecule has 1 atom stereocenters. The predicted octanol–water partition coefficient (Wildman–Crippen LogP) is 2.91. The van der Waals surface area contributed by atoms with Crippen molar-refractivity contribution in [2.45, 2.75) is 64.0 Å². The van der Waals surface area contributed by atoms with Crippen molar-refractivity contribution in [3.63, 3.8) is 0 Å². The van der Waals surface area contributed by atoms with E-state index in [4.69, 9.17) is 0 Å². The minimum atomic E-state index is -0.993. The van der Waals surface area contributed by atoms with Gasteiger partial charge in [0.15, 0.2) is 0 Å². The highest BCUT2D eigenvalue weighted by molar-refractivity contribution is 5.77. The molecule has 1 aromatic heterocycles. The van der Waals surface area contributed by atoms with Crippen molar-refractivity contribution < 1.29 is 9.90 Å². The Balaban J connectivity index is 1.56. The first-order chi connectivity index (χ1) is 13.8. The molecule has 0 radical (unpaired) electrons. The highest BCUT2D eigenvalue weighted by Gasteiger charge is 2.34. The summed E-state index contributed by atoms with van der Waals surface area (Å²) < 4.78 is 1.47. The molecule has 1 aliphatic rings. The Hall–Kier alpha value is -2.47. The first-order valence-corrected chi connectivity index (χ1v) is 10.4. The Morgan fingerprint density at radius 2 is 1.83 bits per heavy atom. The van der Waals surface area contributed by atoms with Gasteiger partial charge in [0, 0.05) is 25.6 Å². The first kappa shape index (κ1) is 21.2. The molecule has 0 spiro atoms. The molecule has 1 aliphatic heterocycles. The number of nitrogens with zero attached hydrogens (tertiary/aromatic N) is 3.